The fourth-order valence-electron chi connectivity index (χ4n) is 3.29. The molecule has 1 aliphatic carbocycles. The Morgan fingerprint density at radius 3 is 2.89 bits per heavy atom. The lowest BCUT2D eigenvalue weighted by Crippen LogP contribution is -2.63. The Labute approximate surface area is 105 Å². The van der Waals surface area contributed by atoms with E-state index in [0.29, 0.717) is 5.92 Å². The molecule has 6 heteroatoms. The first kappa shape index (κ1) is 11.9. The molecule has 0 aromatic heterocycles. The molecule has 3 aliphatic rings. The summed E-state index contributed by atoms with van der Waals surface area (Å²) in [5, 5.41) is 4.98. The van der Waals surface area contributed by atoms with E-state index in [1.807, 2.05) is 0 Å². The lowest BCUT2D eigenvalue weighted by Gasteiger charge is -2.46. The van der Waals surface area contributed by atoms with E-state index in [9.17, 15) is 9.59 Å². The van der Waals surface area contributed by atoms with E-state index in [4.69, 9.17) is 9.47 Å². The van der Waals surface area contributed by atoms with Gasteiger partial charge in [0.1, 0.15) is 6.23 Å². The number of ether oxygens (including phenoxy) is 2. The van der Waals surface area contributed by atoms with Gasteiger partial charge in [-0.15, -0.1) is 0 Å². The summed E-state index contributed by atoms with van der Waals surface area (Å²) in [6.45, 7) is 0. The first-order chi connectivity index (χ1) is 8.67. The molecule has 0 aromatic rings. The van der Waals surface area contributed by atoms with E-state index in [0.717, 1.165) is 25.7 Å². The Morgan fingerprint density at radius 2 is 2.11 bits per heavy atom. The number of methoxy groups -OCH3 is 1. The van der Waals surface area contributed by atoms with Crippen LogP contribution in [0, 0.1) is 11.8 Å². The van der Waals surface area contributed by atoms with E-state index in [-0.39, 0.29) is 24.0 Å². The molecule has 2 aliphatic heterocycles. The molecule has 0 radical (unpaired) electrons. The predicted octanol–water partition coefficient (Wildman–Crippen LogP) is 0.372. The third-order valence-corrected chi connectivity index (χ3v) is 4.30. The number of nitrogens with one attached hydrogen (secondary N) is 2. The summed E-state index contributed by atoms with van der Waals surface area (Å²) in [7, 11) is 1.71. The van der Waals surface area contributed by atoms with Crippen molar-refractivity contribution >= 4 is 11.9 Å². The molecule has 2 N–H and O–H groups in total. The van der Waals surface area contributed by atoms with Crippen LogP contribution in [-0.2, 0) is 14.3 Å². The summed E-state index contributed by atoms with van der Waals surface area (Å²) in [6, 6.07) is -0.459. The molecule has 5 unspecified atom stereocenters. The fraction of sp³-hybridized carbons (Fsp3) is 0.833. The lowest BCUT2D eigenvalue weighted by atomic mass is 9.76. The summed E-state index contributed by atoms with van der Waals surface area (Å²) in [5.41, 5.74) is 0. The van der Waals surface area contributed by atoms with Crippen LogP contribution in [0.15, 0.2) is 0 Å². The van der Waals surface area contributed by atoms with Crippen molar-refractivity contribution in [1.29, 1.82) is 0 Å². The van der Waals surface area contributed by atoms with Gasteiger partial charge in [-0.05, 0) is 25.2 Å². The van der Waals surface area contributed by atoms with E-state index in [2.05, 4.69) is 10.6 Å². The van der Waals surface area contributed by atoms with Gasteiger partial charge in [0.15, 0.2) is 0 Å². The monoisotopic (exact) mass is 254 g/mol. The maximum Gasteiger partial charge on any atom is 0.323 e. The second-order valence-corrected chi connectivity index (χ2v) is 5.33. The van der Waals surface area contributed by atoms with Crippen molar-refractivity contribution in [3.63, 3.8) is 0 Å². The molecule has 0 aromatic carbocycles. The maximum absolute atomic E-state index is 11.8. The number of amides is 3. The minimum atomic E-state index is -0.469. The molecular formula is C12H18N2O4. The number of imide groups is 1. The highest BCUT2D eigenvalue weighted by molar-refractivity contribution is 5.98. The average molecular weight is 254 g/mol. The number of fused-ring (bicyclic) bond motifs is 2. The van der Waals surface area contributed by atoms with Gasteiger partial charge in [0.2, 0.25) is 5.91 Å². The van der Waals surface area contributed by atoms with Gasteiger partial charge >= 0.3 is 6.03 Å². The van der Waals surface area contributed by atoms with Gasteiger partial charge in [0.05, 0.1) is 18.1 Å². The summed E-state index contributed by atoms with van der Waals surface area (Å²) in [4.78, 5) is 23.0. The second kappa shape index (κ2) is 4.51. The van der Waals surface area contributed by atoms with Gasteiger partial charge in [-0.3, -0.25) is 10.1 Å². The maximum atomic E-state index is 11.8. The van der Waals surface area contributed by atoms with Gasteiger partial charge in [0.25, 0.3) is 0 Å². The SMILES string of the molecule is COC1CCC2CC3C(=O)NC(=O)NC3OC2C1. The van der Waals surface area contributed by atoms with E-state index >= 15 is 0 Å². The zero-order chi connectivity index (χ0) is 12.7. The Hall–Kier alpha value is -1.14. The smallest absolute Gasteiger partial charge is 0.323 e. The van der Waals surface area contributed by atoms with Crippen LogP contribution in [0.25, 0.3) is 0 Å². The number of hydrogen-bond acceptors (Lipinski definition) is 4. The van der Waals surface area contributed by atoms with Crippen molar-refractivity contribution in [2.45, 2.75) is 44.1 Å². The highest BCUT2D eigenvalue weighted by Crippen LogP contribution is 2.39. The molecule has 0 spiro atoms. The molecule has 1 saturated carbocycles. The summed E-state index contributed by atoms with van der Waals surface area (Å²) in [6.07, 6.45) is 3.54. The Kier molecular flexibility index (Phi) is 2.99. The third kappa shape index (κ3) is 1.99. The molecule has 2 heterocycles. The van der Waals surface area contributed by atoms with Crippen LogP contribution >= 0.6 is 0 Å². The predicted molar refractivity (Wildman–Crippen MR) is 61.6 cm³/mol. The number of carbonyl (C=O) groups is 2. The van der Waals surface area contributed by atoms with Gasteiger partial charge in [0, 0.05) is 13.5 Å². The van der Waals surface area contributed by atoms with Crippen molar-refractivity contribution in [2.75, 3.05) is 7.11 Å². The Bertz CT molecular complexity index is 373. The molecule has 3 fully saturated rings. The van der Waals surface area contributed by atoms with Crippen LogP contribution in [0.5, 0.6) is 0 Å². The molecule has 0 bridgehead atoms. The standard InChI is InChI=1S/C12H18N2O4/c1-17-7-3-2-6-4-8-10(15)13-12(16)14-11(8)18-9(6)5-7/h6-9,11H,2-5H2,1H3,(H2,13,14,15,16). The quantitative estimate of drug-likeness (QED) is 0.709. The molecule has 6 nitrogen and oxygen atoms in total. The number of carbonyl (C=O) groups excluding carboxylic acids is 2. The topological polar surface area (TPSA) is 76.7 Å². The Balaban J connectivity index is 1.72. The number of urea groups is 1. The second-order valence-electron chi connectivity index (χ2n) is 5.33. The van der Waals surface area contributed by atoms with Crippen LogP contribution in [0.4, 0.5) is 4.79 Å². The molecule has 3 rings (SSSR count). The normalized spacial score (nSPS) is 43.5. The molecule has 18 heavy (non-hydrogen) atoms. The number of rotatable bonds is 1. The van der Waals surface area contributed by atoms with Crippen LogP contribution < -0.4 is 10.6 Å². The molecule has 3 amide bonds. The Morgan fingerprint density at radius 1 is 1.28 bits per heavy atom. The lowest BCUT2D eigenvalue weighted by molar-refractivity contribution is -0.170. The molecular weight excluding hydrogens is 236 g/mol. The van der Waals surface area contributed by atoms with Crippen molar-refractivity contribution in [3.05, 3.63) is 0 Å². The largest absolute Gasteiger partial charge is 0.381 e. The molecule has 100 valence electrons. The highest BCUT2D eigenvalue weighted by atomic mass is 16.5. The van der Waals surface area contributed by atoms with Crippen LogP contribution in [0.3, 0.4) is 0 Å². The molecule has 2 saturated heterocycles. The third-order valence-electron chi connectivity index (χ3n) is 4.30. The summed E-state index contributed by atoms with van der Waals surface area (Å²) < 4.78 is 11.3. The van der Waals surface area contributed by atoms with Gasteiger partial charge < -0.3 is 14.8 Å². The minimum Gasteiger partial charge on any atom is -0.381 e. The highest BCUT2D eigenvalue weighted by Gasteiger charge is 2.46. The molecule has 5 atom stereocenters. The fourth-order valence-corrected chi connectivity index (χ4v) is 3.29. The van der Waals surface area contributed by atoms with Crippen LogP contribution in [0.1, 0.15) is 25.7 Å². The van der Waals surface area contributed by atoms with Gasteiger partial charge in [-0.1, -0.05) is 0 Å². The van der Waals surface area contributed by atoms with Crippen molar-refractivity contribution < 1.29 is 19.1 Å². The number of hydrogen-bond donors (Lipinski definition) is 2. The van der Waals surface area contributed by atoms with E-state index < -0.39 is 12.3 Å². The minimum absolute atomic E-state index is 0.0937. The van der Waals surface area contributed by atoms with Crippen LogP contribution in [-0.4, -0.2) is 37.5 Å². The first-order valence-electron chi connectivity index (χ1n) is 6.47. The zero-order valence-electron chi connectivity index (χ0n) is 10.3. The van der Waals surface area contributed by atoms with E-state index in [1.54, 1.807) is 7.11 Å². The zero-order valence-corrected chi connectivity index (χ0v) is 10.3. The summed E-state index contributed by atoms with van der Waals surface area (Å²) >= 11 is 0. The average Bonchev–Trinajstić information content (AvgIpc) is 2.36. The van der Waals surface area contributed by atoms with Crippen molar-refractivity contribution in [2.24, 2.45) is 11.8 Å². The van der Waals surface area contributed by atoms with Gasteiger partial charge in [-0.2, -0.15) is 0 Å². The summed E-state index contributed by atoms with van der Waals surface area (Å²) in [5.74, 6) is -0.0579. The van der Waals surface area contributed by atoms with Crippen molar-refractivity contribution in [3.8, 4) is 0 Å². The van der Waals surface area contributed by atoms with Crippen LogP contribution in [0.2, 0.25) is 0 Å². The van der Waals surface area contributed by atoms with E-state index in [1.165, 1.54) is 0 Å². The van der Waals surface area contributed by atoms with Crippen molar-refractivity contribution in [1.82, 2.24) is 10.6 Å². The van der Waals surface area contributed by atoms with Gasteiger partial charge in [-0.25, -0.2) is 4.79 Å². The first-order valence-corrected chi connectivity index (χ1v) is 6.47.